The molecule has 1 unspecified atom stereocenters. The molecule has 2 nitrogen and oxygen atoms in total. The lowest BCUT2D eigenvalue weighted by Gasteiger charge is -2.27. The van der Waals surface area contributed by atoms with Crippen LogP contribution in [-0.4, -0.2) is 4.57 Å². The Bertz CT molecular complexity index is 838. The number of rotatable bonds is 0. The Balaban J connectivity index is 2.07. The normalized spacial score (nSPS) is 16.6. The van der Waals surface area contributed by atoms with Crippen molar-refractivity contribution in [1.82, 2.24) is 4.57 Å². The molecule has 0 bridgehead atoms. The topological polar surface area (TPSA) is 14.2 Å². The van der Waals surface area contributed by atoms with Gasteiger partial charge in [-0.3, -0.25) is 0 Å². The van der Waals surface area contributed by atoms with Crippen molar-refractivity contribution in [3.8, 4) is 17.0 Å². The number of fused-ring (bicyclic) bond motifs is 5. The molecule has 0 aliphatic carbocycles. The lowest BCUT2D eigenvalue weighted by atomic mass is 10.1. The Morgan fingerprint density at radius 3 is 2.60 bits per heavy atom. The molecule has 0 amide bonds. The van der Waals surface area contributed by atoms with Crippen LogP contribution in [0.4, 0.5) is 0 Å². The van der Waals surface area contributed by atoms with E-state index in [0.717, 1.165) is 20.3 Å². The Kier molecular flexibility index (Phi) is 2.72. The number of hydrogen-bond acceptors (Lipinski definition) is 1. The minimum absolute atomic E-state index is 0.00882. The van der Waals surface area contributed by atoms with Gasteiger partial charge in [-0.15, -0.1) is 0 Å². The maximum atomic E-state index is 6.06. The highest BCUT2D eigenvalue weighted by Gasteiger charge is 2.24. The summed E-state index contributed by atoms with van der Waals surface area (Å²) in [4.78, 5) is 0. The monoisotopic (exact) mass is 391 g/mol. The van der Waals surface area contributed by atoms with Crippen molar-refractivity contribution in [3.05, 3.63) is 51.4 Å². The summed E-state index contributed by atoms with van der Waals surface area (Å²) >= 11 is 7.04. The van der Waals surface area contributed by atoms with Crippen molar-refractivity contribution in [2.45, 2.75) is 13.2 Å². The molecule has 0 N–H and O–H groups in total. The van der Waals surface area contributed by atoms with Gasteiger partial charge >= 0.3 is 0 Å². The van der Waals surface area contributed by atoms with E-state index < -0.39 is 0 Å². The molecule has 2 heterocycles. The number of hydrogen-bond donors (Lipinski definition) is 0. The lowest BCUT2D eigenvalue weighted by molar-refractivity contribution is 0.152. The zero-order valence-corrected chi connectivity index (χ0v) is 13.9. The number of benzene rings is 2. The lowest BCUT2D eigenvalue weighted by Crippen LogP contribution is -2.17. The van der Waals surface area contributed by atoms with E-state index >= 15 is 0 Å². The summed E-state index contributed by atoms with van der Waals surface area (Å²) in [6, 6.07) is 14.8. The Hall–Kier alpha value is -1.26. The van der Waals surface area contributed by atoms with E-state index in [0.29, 0.717) is 0 Å². The van der Waals surface area contributed by atoms with Crippen LogP contribution in [0.25, 0.3) is 22.2 Å². The van der Waals surface area contributed by atoms with Gasteiger partial charge in [0, 0.05) is 19.9 Å². The molecule has 4 heteroatoms. The van der Waals surface area contributed by atoms with Gasteiger partial charge in [-0.1, -0.05) is 31.9 Å². The van der Waals surface area contributed by atoms with Crippen molar-refractivity contribution < 1.29 is 4.74 Å². The third kappa shape index (κ3) is 1.75. The van der Waals surface area contributed by atoms with Gasteiger partial charge in [0.1, 0.15) is 5.75 Å². The number of aromatic nitrogens is 1. The van der Waals surface area contributed by atoms with Crippen LogP contribution >= 0.6 is 31.9 Å². The van der Waals surface area contributed by atoms with Gasteiger partial charge in [0.15, 0.2) is 6.23 Å². The van der Waals surface area contributed by atoms with Crippen molar-refractivity contribution >= 4 is 42.8 Å². The minimum atomic E-state index is -0.00882. The first-order chi connectivity index (χ1) is 9.63. The van der Waals surface area contributed by atoms with Gasteiger partial charge in [0.2, 0.25) is 0 Å². The molecular weight excluding hydrogens is 382 g/mol. The molecule has 1 aromatic heterocycles. The molecule has 0 fully saturated rings. The number of halogens is 2. The van der Waals surface area contributed by atoms with Crippen LogP contribution in [0.5, 0.6) is 5.75 Å². The van der Waals surface area contributed by atoms with Gasteiger partial charge in [-0.2, -0.15) is 0 Å². The third-order valence-electron chi connectivity index (χ3n) is 3.68. The molecule has 2 aromatic carbocycles. The standard InChI is InChI=1S/C16H11Br2NO/c1-9-19-14-5-3-11(17)6-10(14)7-15(19)13-4-2-12(18)8-16(13)20-9/h2-9H,1H3. The predicted octanol–water partition coefficient (Wildman–Crippen LogP) is 5.74. The summed E-state index contributed by atoms with van der Waals surface area (Å²) in [7, 11) is 0. The highest BCUT2D eigenvalue weighted by atomic mass is 79.9. The smallest absolute Gasteiger partial charge is 0.173 e. The average Bonchev–Trinajstić information content (AvgIpc) is 2.77. The fourth-order valence-electron chi connectivity index (χ4n) is 2.85. The van der Waals surface area contributed by atoms with Gasteiger partial charge < -0.3 is 9.30 Å². The fourth-order valence-corrected chi connectivity index (χ4v) is 3.57. The van der Waals surface area contributed by atoms with Crippen molar-refractivity contribution in [2.75, 3.05) is 0 Å². The molecular formula is C16H11Br2NO. The molecule has 0 saturated carbocycles. The van der Waals surface area contributed by atoms with Gasteiger partial charge in [0.25, 0.3) is 0 Å². The van der Waals surface area contributed by atoms with E-state index in [4.69, 9.17) is 4.74 Å². The van der Waals surface area contributed by atoms with E-state index in [9.17, 15) is 0 Å². The zero-order valence-electron chi connectivity index (χ0n) is 10.7. The maximum absolute atomic E-state index is 6.06. The molecule has 3 aromatic rings. The second-order valence-electron chi connectivity index (χ2n) is 4.96. The van der Waals surface area contributed by atoms with E-state index in [2.05, 4.69) is 79.7 Å². The summed E-state index contributed by atoms with van der Waals surface area (Å²) in [6.07, 6.45) is -0.00882. The van der Waals surface area contributed by atoms with Crippen LogP contribution in [0.3, 0.4) is 0 Å². The first kappa shape index (κ1) is 12.5. The largest absolute Gasteiger partial charge is 0.470 e. The minimum Gasteiger partial charge on any atom is -0.470 e. The summed E-state index contributed by atoms with van der Waals surface area (Å²) < 4.78 is 10.4. The molecule has 1 atom stereocenters. The average molecular weight is 393 g/mol. The molecule has 0 radical (unpaired) electrons. The van der Waals surface area contributed by atoms with Crippen LogP contribution in [0, 0.1) is 0 Å². The molecule has 4 rings (SSSR count). The summed E-state index contributed by atoms with van der Waals surface area (Å²) in [5.41, 5.74) is 3.54. The molecule has 1 aliphatic heterocycles. The molecule has 100 valence electrons. The number of ether oxygens (including phenoxy) is 1. The van der Waals surface area contributed by atoms with Crippen molar-refractivity contribution in [3.63, 3.8) is 0 Å². The van der Waals surface area contributed by atoms with Crippen LogP contribution in [-0.2, 0) is 0 Å². The van der Waals surface area contributed by atoms with E-state index in [1.807, 2.05) is 6.07 Å². The first-order valence-electron chi connectivity index (χ1n) is 6.40. The maximum Gasteiger partial charge on any atom is 0.173 e. The zero-order chi connectivity index (χ0) is 13.9. The van der Waals surface area contributed by atoms with Crippen LogP contribution in [0.2, 0.25) is 0 Å². The van der Waals surface area contributed by atoms with Crippen molar-refractivity contribution in [1.29, 1.82) is 0 Å². The van der Waals surface area contributed by atoms with Crippen LogP contribution < -0.4 is 4.74 Å². The third-order valence-corrected chi connectivity index (χ3v) is 4.67. The molecule has 1 aliphatic rings. The van der Waals surface area contributed by atoms with Crippen LogP contribution in [0.1, 0.15) is 13.2 Å². The van der Waals surface area contributed by atoms with Gasteiger partial charge in [0.05, 0.1) is 11.2 Å². The summed E-state index contributed by atoms with van der Waals surface area (Å²) in [5.74, 6) is 0.932. The van der Waals surface area contributed by atoms with Gasteiger partial charge in [-0.05, 0) is 49.4 Å². The van der Waals surface area contributed by atoms with Crippen LogP contribution in [0.15, 0.2) is 51.4 Å². The molecule has 0 spiro atoms. The van der Waals surface area contributed by atoms with E-state index in [1.54, 1.807) is 0 Å². The highest BCUT2D eigenvalue weighted by Crippen LogP contribution is 2.43. The first-order valence-corrected chi connectivity index (χ1v) is 7.99. The highest BCUT2D eigenvalue weighted by molar-refractivity contribution is 9.10. The molecule has 0 saturated heterocycles. The Morgan fingerprint density at radius 2 is 1.75 bits per heavy atom. The SMILES string of the molecule is CC1Oc2cc(Br)ccc2-c2cc3cc(Br)ccc3n21. The second kappa shape index (κ2) is 4.37. The van der Waals surface area contributed by atoms with E-state index in [1.165, 1.54) is 16.6 Å². The number of nitrogens with zero attached hydrogens (tertiary/aromatic N) is 1. The summed E-state index contributed by atoms with van der Waals surface area (Å²) in [5, 5.41) is 1.22. The second-order valence-corrected chi connectivity index (χ2v) is 6.79. The fraction of sp³-hybridized carbons (Fsp3) is 0.125. The molecule has 20 heavy (non-hydrogen) atoms. The van der Waals surface area contributed by atoms with Gasteiger partial charge in [-0.25, -0.2) is 0 Å². The van der Waals surface area contributed by atoms with Crippen molar-refractivity contribution in [2.24, 2.45) is 0 Å². The summed E-state index contributed by atoms with van der Waals surface area (Å²) in [6.45, 7) is 2.08. The van der Waals surface area contributed by atoms with E-state index in [-0.39, 0.29) is 6.23 Å². The Labute approximate surface area is 133 Å². The Morgan fingerprint density at radius 1 is 1.00 bits per heavy atom. The predicted molar refractivity (Wildman–Crippen MR) is 88.1 cm³/mol. The quantitative estimate of drug-likeness (QED) is 0.475.